The molecule has 2 aliphatic rings. The summed E-state index contributed by atoms with van der Waals surface area (Å²) < 4.78 is 16.1. The number of ether oxygens (including phenoxy) is 3. The first-order valence-corrected chi connectivity index (χ1v) is 8.02. The van der Waals surface area contributed by atoms with E-state index >= 15 is 0 Å². The minimum atomic E-state index is 0.215. The summed E-state index contributed by atoms with van der Waals surface area (Å²) in [5, 5.41) is 3.59. The molecule has 0 aromatic heterocycles. The van der Waals surface area contributed by atoms with Gasteiger partial charge in [-0.05, 0) is 43.6 Å². The van der Waals surface area contributed by atoms with Gasteiger partial charge in [-0.15, -0.1) is 0 Å². The molecular weight excluding hydrogens is 280 g/mol. The Kier molecular flexibility index (Phi) is 4.86. The van der Waals surface area contributed by atoms with E-state index in [-0.39, 0.29) is 5.54 Å². The van der Waals surface area contributed by atoms with Gasteiger partial charge in [0.1, 0.15) is 0 Å². The summed E-state index contributed by atoms with van der Waals surface area (Å²) in [5.74, 6) is 1.55. The maximum absolute atomic E-state index is 5.50. The Morgan fingerprint density at radius 3 is 2.45 bits per heavy atom. The van der Waals surface area contributed by atoms with E-state index in [0.29, 0.717) is 0 Å². The summed E-state index contributed by atoms with van der Waals surface area (Å²) in [5.41, 5.74) is 1.42. The predicted molar refractivity (Wildman–Crippen MR) is 85.6 cm³/mol. The molecule has 3 rings (SSSR count). The fourth-order valence-electron chi connectivity index (χ4n) is 3.36. The van der Waals surface area contributed by atoms with Gasteiger partial charge >= 0.3 is 0 Å². The number of rotatable bonds is 7. The first-order chi connectivity index (χ1) is 10.8. The molecule has 1 N–H and O–H groups in total. The standard InChI is InChI=1S/C17H26N2O3/c1-20-15-6-5-14(9-16(15)21-2)10-18-11-17(12-22-13-17)19-7-3-4-8-19/h5-6,9,18H,3-4,7-8,10-13H2,1-2H3. The van der Waals surface area contributed by atoms with Crippen LogP contribution in [0.3, 0.4) is 0 Å². The van der Waals surface area contributed by atoms with E-state index in [1.165, 1.54) is 31.5 Å². The van der Waals surface area contributed by atoms with E-state index in [2.05, 4.69) is 16.3 Å². The SMILES string of the molecule is COc1ccc(CNCC2(N3CCCC3)COC2)cc1OC. The molecule has 1 aromatic carbocycles. The highest BCUT2D eigenvalue weighted by Gasteiger charge is 2.44. The van der Waals surface area contributed by atoms with Crippen molar-refractivity contribution in [3.05, 3.63) is 23.8 Å². The molecule has 2 aliphatic heterocycles. The smallest absolute Gasteiger partial charge is 0.161 e. The molecular formula is C17H26N2O3. The number of methoxy groups -OCH3 is 2. The summed E-state index contributed by atoms with van der Waals surface area (Å²) in [6.45, 7) is 5.93. The van der Waals surface area contributed by atoms with Crippen molar-refractivity contribution in [2.75, 3.05) is 47.1 Å². The Bertz CT molecular complexity index is 497. The fraction of sp³-hybridized carbons (Fsp3) is 0.647. The molecule has 5 heteroatoms. The Balaban J connectivity index is 1.56. The predicted octanol–water partition coefficient (Wildman–Crippen LogP) is 1.66. The molecule has 2 saturated heterocycles. The molecule has 2 fully saturated rings. The van der Waals surface area contributed by atoms with Gasteiger partial charge < -0.3 is 19.5 Å². The van der Waals surface area contributed by atoms with E-state index < -0.39 is 0 Å². The van der Waals surface area contributed by atoms with Crippen LogP contribution in [0.25, 0.3) is 0 Å². The molecule has 0 aliphatic carbocycles. The zero-order chi connectivity index (χ0) is 15.4. The van der Waals surface area contributed by atoms with Crippen LogP contribution in [-0.2, 0) is 11.3 Å². The van der Waals surface area contributed by atoms with Crippen molar-refractivity contribution in [1.82, 2.24) is 10.2 Å². The van der Waals surface area contributed by atoms with Crippen LogP contribution in [0.15, 0.2) is 18.2 Å². The van der Waals surface area contributed by atoms with Crippen molar-refractivity contribution in [3.8, 4) is 11.5 Å². The number of hydrogen-bond donors (Lipinski definition) is 1. The number of nitrogens with zero attached hydrogens (tertiary/aromatic N) is 1. The van der Waals surface area contributed by atoms with Crippen molar-refractivity contribution in [2.24, 2.45) is 0 Å². The Morgan fingerprint density at radius 2 is 1.86 bits per heavy atom. The van der Waals surface area contributed by atoms with Gasteiger partial charge in [-0.1, -0.05) is 6.07 Å². The van der Waals surface area contributed by atoms with E-state index in [0.717, 1.165) is 37.8 Å². The van der Waals surface area contributed by atoms with Crippen molar-refractivity contribution in [3.63, 3.8) is 0 Å². The van der Waals surface area contributed by atoms with Crippen LogP contribution in [0.1, 0.15) is 18.4 Å². The monoisotopic (exact) mass is 306 g/mol. The molecule has 0 saturated carbocycles. The molecule has 0 unspecified atom stereocenters. The summed E-state index contributed by atoms with van der Waals surface area (Å²) in [4.78, 5) is 2.60. The second-order valence-electron chi connectivity index (χ2n) is 6.20. The van der Waals surface area contributed by atoms with Gasteiger partial charge in [-0.2, -0.15) is 0 Å². The van der Waals surface area contributed by atoms with Crippen LogP contribution in [0.4, 0.5) is 0 Å². The lowest BCUT2D eigenvalue weighted by atomic mass is 9.95. The third-order valence-electron chi connectivity index (χ3n) is 4.75. The second-order valence-corrected chi connectivity index (χ2v) is 6.20. The third kappa shape index (κ3) is 3.07. The average molecular weight is 306 g/mol. The van der Waals surface area contributed by atoms with Crippen molar-refractivity contribution >= 4 is 0 Å². The van der Waals surface area contributed by atoms with Crippen LogP contribution >= 0.6 is 0 Å². The summed E-state index contributed by atoms with van der Waals surface area (Å²) in [6.07, 6.45) is 2.63. The molecule has 122 valence electrons. The highest BCUT2D eigenvalue weighted by molar-refractivity contribution is 5.42. The van der Waals surface area contributed by atoms with Crippen molar-refractivity contribution in [1.29, 1.82) is 0 Å². The van der Waals surface area contributed by atoms with E-state index in [1.807, 2.05) is 12.1 Å². The lowest BCUT2D eigenvalue weighted by molar-refractivity contribution is -0.131. The van der Waals surface area contributed by atoms with Gasteiger partial charge in [0.05, 0.1) is 33.0 Å². The van der Waals surface area contributed by atoms with Gasteiger partial charge in [0, 0.05) is 13.1 Å². The second kappa shape index (κ2) is 6.86. The highest BCUT2D eigenvalue weighted by atomic mass is 16.5. The zero-order valence-electron chi connectivity index (χ0n) is 13.6. The largest absolute Gasteiger partial charge is 0.493 e. The van der Waals surface area contributed by atoms with Crippen LogP contribution in [-0.4, -0.2) is 57.5 Å². The van der Waals surface area contributed by atoms with Gasteiger partial charge in [-0.25, -0.2) is 0 Å². The fourth-order valence-corrected chi connectivity index (χ4v) is 3.36. The van der Waals surface area contributed by atoms with Crippen LogP contribution in [0.5, 0.6) is 11.5 Å². The maximum atomic E-state index is 5.50. The molecule has 0 radical (unpaired) electrons. The normalized spacial score (nSPS) is 20.6. The van der Waals surface area contributed by atoms with Crippen LogP contribution in [0.2, 0.25) is 0 Å². The van der Waals surface area contributed by atoms with E-state index in [1.54, 1.807) is 14.2 Å². The Hall–Kier alpha value is -1.30. The summed E-state index contributed by atoms with van der Waals surface area (Å²) >= 11 is 0. The molecule has 2 heterocycles. The summed E-state index contributed by atoms with van der Waals surface area (Å²) in [6, 6.07) is 6.07. The average Bonchev–Trinajstić information content (AvgIpc) is 3.04. The molecule has 22 heavy (non-hydrogen) atoms. The zero-order valence-corrected chi connectivity index (χ0v) is 13.6. The first kappa shape index (κ1) is 15.6. The van der Waals surface area contributed by atoms with Gasteiger partial charge in [0.15, 0.2) is 11.5 Å². The molecule has 1 aromatic rings. The number of hydrogen-bond acceptors (Lipinski definition) is 5. The van der Waals surface area contributed by atoms with Crippen molar-refractivity contribution in [2.45, 2.75) is 24.9 Å². The molecule has 5 nitrogen and oxygen atoms in total. The molecule has 0 atom stereocenters. The van der Waals surface area contributed by atoms with Gasteiger partial charge in [0.2, 0.25) is 0 Å². The number of benzene rings is 1. The maximum Gasteiger partial charge on any atom is 0.161 e. The quantitative estimate of drug-likeness (QED) is 0.830. The first-order valence-electron chi connectivity index (χ1n) is 8.02. The lowest BCUT2D eigenvalue weighted by Crippen LogP contribution is -2.66. The minimum Gasteiger partial charge on any atom is -0.493 e. The Labute approximate surface area is 132 Å². The molecule has 0 bridgehead atoms. The third-order valence-corrected chi connectivity index (χ3v) is 4.75. The number of nitrogens with one attached hydrogen (secondary N) is 1. The van der Waals surface area contributed by atoms with Gasteiger partial charge in [0.25, 0.3) is 0 Å². The number of likely N-dealkylation sites (tertiary alicyclic amines) is 1. The van der Waals surface area contributed by atoms with E-state index in [4.69, 9.17) is 14.2 Å². The summed E-state index contributed by atoms with van der Waals surface area (Å²) in [7, 11) is 3.33. The van der Waals surface area contributed by atoms with Crippen LogP contribution < -0.4 is 14.8 Å². The Morgan fingerprint density at radius 1 is 1.14 bits per heavy atom. The van der Waals surface area contributed by atoms with Gasteiger partial charge in [-0.3, -0.25) is 4.90 Å². The minimum absolute atomic E-state index is 0.215. The van der Waals surface area contributed by atoms with Crippen molar-refractivity contribution < 1.29 is 14.2 Å². The lowest BCUT2D eigenvalue weighted by Gasteiger charge is -2.48. The van der Waals surface area contributed by atoms with E-state index in [9.17, 15) is 0 Å². The molecule has 0 spiro atoms. The highest BCUT2D eigenvalue weighted by Crippen LogP contribution is 2.29. The topological polar surface area (TPSA) is 43.0 Å². The molecule has 0 amide bonds. The van der Waals surface area contributed by atoms with Crippen LogP contribution in [0, 0.1) is 0 Å².